The molecule has 0 saturated heterocycles. The lowest BCUT2D eigenvalue weighted by Gasteiger charge is -2.08. The van der Waals surface area contributed by atoms with E-state index < -0.39 is 11.9 Å². The molecular weight excluding hydrogens is 324 g/mol. The van der Waals surface area contributed by atoms with Crippen LogP contribution in [0.15, 0.2) is 29.8 Å². The lowest BCUT2D eigenvalue weighted by atomic mass is 9.96. The number of carbonyl (C=O) groups excluding carboxylic acids is 1. The van der Waals surface area contributed by atoms with Crippen LogP contribution in [0.4, 0.5) is 0 Å². The molecule has 0 bridgehead atoms. The van der Waals surface area contributed by atoms with Gasteiger partial charge in [0.15, 0.2) is 5.01 Å². The Morgan fingerprint density at radius 3 is 2.82 bits per heavy atom. The van der Waals surface area contributed by atoms with Crippen molar-refractivity contribution in [2.75, 3.05) is 0 Å². The molecule has 1 aromatic carbocycles. The monoisotopic (exact) mass is 334 g/mol. The number of fused-ring (bicyclic) bond motifs is 1. The quantitative estimate of drug-likeness (QED) is 0.713. The second-order valence-corrected chi connectivity index (χ2v) is 6.16. The molecule has 2 heterocycles. The van der Waals surface area contributed by atoms with E-state index >= 15 is 0 Å². The fraction of sp³-hybridized carbons (Fsp3) is 0.133. The van der Waals surface area contributed by atoms with E-state index in [0.29, 0.717) is 26.5 Å². The highest BCUT2D eigenvalue weighted by molar-refractivity contribution is 7.11. The third kappa shape index (κ3) is 2.40. The number of rotatable bonds is 4. The molecule has 3 rings (SSSR count). The molecule has 0 radical (unpaired) electrons. The molecule has 0 saturated carbocycles. The molecule has 112 valence electrons. The highest BCUT2D eigenvalue weighted by Gasteiger charge is 2.27. The summed E-state index contributed by atoms with van der Waals surface area (Å²) in [5, 5.41) is 12.5. The number of thiazole rings is 1. The second-order valence-electron chi connectivity index (χ2n) is 4.83. The minimum absolute atomic E-state index is 0.252. The average Bonchev–Trinajstić information content (AvgIpc) is 3.12. The molecule has 2 N–H and O–H groups in total. The van der Waals surface area contributed by atoms with Crippen molar-refractivity contribution in [3.63, 3.8) is 0 Å². The summed E-state index contributed by atoms with van der Waals surface area (Å²) in [5.41, 5.74) is 1.36. The zero-order chi connectivity index (χ0) is 15.9. The summed E-state index contributed by atoms with van der Waals surface area (Å²) in [6.07, 6.45) is 1.54. The van der Waals surface area contributed by atoms with Crippen molar-refractivity contribution in [1.29, 1.82) is 0 Å². The molecule has 2 aromatic heterocycles. The van der Waals surface area contributed by atoms with Crippen molar-refractivity contribution in [3.8, 4) is 0 Å². The Hall–Kier alpha value is -2.18. The Labute approximate surface area is 134 Å². The summed E-state index contributed by atoms with van der Waals surface area (Å²) in [5.74, 6) is -2.16. The molecule has 0 fully saturated rings. The van der Waals surface area contributed by atoms with Gasteiger partial charge in [-0.15, -0.1) is 11.3 Å². The van der Waals surface area contributed by atoms with Crippen molar-refractivity contribution in [3.05, 3.63) is 51.1 Å². The van der Waals surface area contributed by atoms with E-state index in [9.17, 15) is 14.7 Å². The first kappa shape index (κ1) is 14.7. The molecule has 0 spiro atoms. The number of hydrogen-bond donors (Lipinski definition) is 2. The van der Waals surface area contributed by atoms with Crippen LogP contribution in [-0.2, 0) is 4.79 Å². The summed E-state index contributed by atoms with van der Waals surface area (Å²) in [6.45, 7) is 1.55. The number of carbonyl (C=O) groups is 2. The largest absolute Gasteiger partial charge is 0.481 e. The fourth-order valence-corrected chi connectivity index (χ4v) is 3.13. The number of halogens is 1. The van der Waals surface area contributed by atoms with Gasteiger partial charge in [-0.25, -0.2) is 4.98 Å². The van der Waals surface area contributed by atoms with Gasteiger partial charge in [-0.05, 0) is 25.1 Å². The van der Waals surface area contributed by atoms with Gasteiger partial charge < -0.3 is 10.1 Å². The van der Waals surface area contributed by atoms with Gasteiger partial charge in [-0.3, -0.25) is 9.59 Å². The van der Waals surface area contributed by atoms with Gasteiger partial charge in [0, 0.05) is 33.1 Å². The topological polar surface area (TPSA) is 83.0 Å². The summed E-state index contributed by atoms with van der Waals surface area (Å²) >= 11 is 7.22. The molecule has 0 aliphatic carbocycles. The Balaban J connectivity index is 2.27. The standard InChI is InChI=1S/C15H11ClN2O3S/c1-7(15(20)21)11-9-6-8(16)2-3-10(9)18-12(11)13(19)14-17-4-5-22-14/h2-7,18H,1H3,(H,20,21). The SMILES string of the molecule is CC(C(=O)O)c1c(C(=O)c2nccs2)[nH]c2ccc(Cl)cc12. The molecule has 0 aliphatic rings. The van der Waals surface area contributed by atoms with Crippen molar-refractivity contribution in [2.24, 2.45) is 0 Å². The molecule has 0 amide bonds. The molecule has 1 unspecified atom stereocenters. The van der Waals surface area contributed by atoms with E-state index in [1.807, 2.05) is 0 Å². The summed E-state index contributed by atoms with van der Waals surface area (Å²) < 4.78 is 0. The first-order chi connectivity index (χ1) is 10.5. The Morgan fingerprint density at radius 2 is 2.18 bits per heavy atom. The number of nitrogens with one attached hydrogen (secondary N) is 1. The number of nitrogens with zero attached hydrogens (tertiary/aromatic N) is 1. The summed E-state index contributed by atoms with van der Waals surface area (Å²) in [7, 11) is 0. The first-order valence-electron chi connectivity index (χ1n) is 6.47. The van der Waals surface area contributed by atoms with Crippen LogP contribution in [0.5, 0.6) is 0 Å². The van der Waals surface area contributed by atoms with Crippen molar-refractivity contribution in [1.82, 2.24) is 9.97 Å². The van der Waals surface area contributed by atoms with Crippen molar-refractivity contribution in [2.45, 2.75) is 12.8 Å². The van der Waals surface area contributed by atoms with Crippen LogP contribution >= 0.6 is 22.9 Å². The molecule has 0 aliphatic heterocycles. The van der Waals surface area contributed by atoms with Gasteiger partial charge in [0.2, 0.25) is 5.78 Å². The van der Waals surface area contributed by atoms with Gasteiger partial charge in [0.1, 0.15) is 0 Å². The predicted molar refractivity (Wildman–Crippen MR) is 84.9 cm³/mol. The fourth-order valence-electron chi connectivity index (χ4n) is 2.38. The lowest BCUT2D eigenvalue weighted by Crippen LogP contribution is -2.12. The molecular formula is C15H11ClN2O3S. The maximum absolute atomic E-state index is 12.6. The zero-order valence-electron chi connectivity index (χ0n) is 11.5. The van der Waals surface area contributed by atoms with Crippen LogP contribution in [0.25, 0.3) is 10.9 Å². The number of benzene rings is 1. The smallest absolute Gasteiger partial charge is 0.310 e. The highest BCUT2D eigenvalue weighted by atomic mass is 35.5. The first-order valence-corrected chi connectivity index (χ1v) is 7.73. The predicted octanol–water partition coefficient (Wildman–Crippen LogP) is 3.70. The normalized spacial score (nSPS) is 12.5. The van der Waals surface area contributed by atoms with Gasteiger partial charge in [0.05, 0.1) is 11.6 Å². The van der Waals surface area contributed by atoms with E-state index in [-0.39, 0.29) is 11.5 Å². The third-order valence-electron chi connectivity index (χ3n) is 3.46. The van der Waals surface area contributed by atoms with Gasteiger partial charge >= 0.3 is 5.97 Å². The maximum atomic E-state index is 12.6. The number of H-pyrrole nitrogens is 1. The van der Waals surface area contributed by atoms with E-state index in [1.54, 1.807) is 30.5 Å². The zero-order valence-corrected chi connectivity index (χ0v) is 13.0. The van der Waals surface area contributed by atoms with Crippen molar-refractivity contribution >= 4 is 45.6 Å². The van der Waals surface area contributed by atoms with E-state index in [4.69, 9.17) is 11.6 Å². The van der Waals surface area contributed by atoms with Gasteiger partial charge in [-0.2, -0.15) is 0 Å². The molecule has 22 heavy (non-hydrogen) atoms. The van der Waals surface area contributed by atoms with Crippen molar-refractivity contribution < 1.29 is 14.7 Å². The molecule has 7 heteroatoms. The van der Waals surface area contributed by atoms with Crippen LogP contribution in [-0.4, -0.2) is 26.8 Å². The van der Waals surface area contributed by atoms with Crippen LogP contribution in [0, 0.1) is 0 Å². The summed E-state index contributed by atoms with van der Waals surface area (Å²) in [6, 6.07) is 5.09. The number of aliphatic carboxylic acids is 1. The van der Waals surface area contributed by atoms with Crippen LogP contribution in [0.3, 0.4) is 0 Å². The lowest BCUT2D eigenvalue weighted by molar-refractivity contribution is -0.138. The summed E-state index contributed by atoms with van der Waals surface area (Å²) in [4.78, 5) is 31.0. The number of carboxylic acids is 1. The Bertz CT molecular complexity index is 870. The third-order valence-corrected chi connectivity index (χ3v) is 4.46. The number of carboxylic acid groups (broad SMARTS) is 1. The number of hydrogen-bond acceptors (Lipinski definition) is 4. The van der Waals surface area contributed by atoms with Crippen LogP contribution in [0.2, 0.25) is 5.02 Å². The number of aromatic nitrogens is 2. The van der Waals surface area contributed by atoms with Crippen LogP contribution in [0.1, 0.15) is 33.9 Å². The van der Waals surface area contributed by atoms with E-state index in [0.717, 1.165) is 0 Å². The molecule has 5 nitrogen and oxygen atoms in total. The van der Waals surface area contributed by atoms with Gasteiger partial charge in [-0.1, -0.05) is 11.6 Å². The Kier molecular flexibility index (Phi) is 3.72. The highest BCUT2D eigenvalue weighted by Crippen LogP contribution is 2.33. The molecule has 3 aromatic rings. The Morgan fingerprint density at radius 1 is 1.41 bits per heavy atom. The maximum Gasteiger partial charge on any atom is 0.310 e. The van der Waals surface area contributed by atoms with Gasteiger partial charge in [0.25, 0.3) is 0 Å². The van der Waals surface area contributed by atoms with Crippen LogP contribution < -0.4 is 0 Å². The van der Waals surface area contributed by atoms with E-state index in [2.05, 4.69) is 9.97 Å². The minimum atomic E-state index is -1.01. The minimum Gasteiger partial charge on any atom is -0.481 e. The molecule has 1 atom stereocenters. The van der Waals surface area contributed by atoms with E-state index in [1.165, 1.54) is 17.5 Å². The second kappa shape index (κ2) is 5.55. The number of ketones is 1. The average molecular weight is 335 g/mol. The number of aromatic amines is 1.